The number of hydrogen-bond donors (Lipinski definition) is 0. The average molecular weight is 473 g/mol. The molecule has 0 amide bonds. The zero-order chi connectivity index (χ0) is 24.2. The molecule has 1 aliphatic rings. The van der Waals surface area contributed by atoms with Crippen molar-refractivity contribution in [1.29, 1.82) is 0 Å². The van der Waals surface area contributed by atoms with Crippen LogP contribution in [0.3, 0.4) is 0 Å². The lowest BCUT2D eigenvalue weighted by Crippen LogP contribution is -2.13. The molecule has 0 unspecified atom stereocenters. The quantitative estimate of drug-likeness (QED) is 0.323. The minimum Gasteiger partial charge on any atom is -0.491 e. The predicted molar refractivity (Wildman–Crippen MR) is 124 cm³/mol. The third kappa shape index (κ3) is 5.06. The minimum atomic E-state index is -1.05. The molecule has 180 valence electrons. The summed E-state index contributed by atoms with van der Waals surface area (Å²) < 4.78 is 68.7. The lowest BCUT2D eigenvalue weighted by atomic mass is 9.79. The van der Waals surface area contributed by atoms with E-state index in [4.69, 9.17) is 9.47 Å². The van der Waals surface area contributed by atoms with E-state index in [1.165, 1.54) is 12.1 Å². The number of hydrogen-bond acceptors (Lipinski definition) is 2. The Hall–Kier alpha value is -3.02. The van der Waals surface area contributed by atoms with Crippen molar-refractivity contribution in [2.45, 2.75) is 52.1 Å². The maximum Gasteiger partial charge on any atom is 0.201 e. The summed E-state index contributed by atoms with van der Waals surface area (Å²) >= 11 is 0. The van der Waals surface area contributed by atoms with Gasteiger partial charge in [0.2, 0.25) is 5.82 Å². The van der Waals surface area contributed by atoms with Gasteiger partial charge in [-0.1, -0.05) is 44.0 Å². The second-order valence-corrected chi connectivity index (χ2v) is 8.88. The SMILES string of the molecule is CCOc1ccc(COc2ccc(-c3ccc(C4CCC(C)CC4)c(F)c3F)cc2)c(F)c1F. The van der Waals surface area contributed by atoms with Gasteiger partial charge in [-0.05, 0) is 67.0 Å². The van der Waals surface area contributed by atoms with Crippen LogP contribution in [0.25, 0.3) is 11.1 Å². The smallest absolute Gasteiger partial charge is 0.201 e. The van der Waals surface area contributed by atoms with Gasteiger partial charge in [0.25, 0.3) is 0 Å². The van der Waals surface area contributed by atoms with Crippen LogP contribution in [-0.4, -0.2) is 6.61 Å². The van der Waals surface area contributed by atoms with Crippen molar-refractivity contribution in [3.05, 3.63) is 82.9 Å². The van der Waals surface area contributed by atoms with Gasteiger partial charge in [-0.15, -0.1) is 0 Å². The van der Waals surface area contributed by atoms with Crippen molar-refractivity contribution >= 4 is 0 Å². The molecule has 0 aliphatic heterocycles. The molecule has 2 nitrogen and oxygen atoms in total. The predicted octanol–water partition coefficient (Wildman–Crippen LogP) is 8.18. The van der Waals surface area contributed by atoms with E-state index in [-0.39, 0.29) is 36.0 Å². The van der Waals surface area contributed by atoms with Crippen LogP contribution in [0.15, 0.2) is 48.5 Å². The third-order valence-corrected chi connectivity index (χ3v) is 6.55. The van der Waals surface area contributed by atoms with Crippen LogP contribution in [-0.2, 0) is 6.61 Å². The Labute approximate surface area is 197 Å². The van der Waals surface area contributed by atoms with E-state index < -0.39 is 23.3 Å². The molecule has 4 rings (SSSR count). The molecule has 1 fully saturated rings. The highest BCUT2D eigenvalue weighted by Crippen LogP contribution is 2.39. The van der Waals surface area contributed by atoms with Gasteiger partial charge in [0.05, 0.1) is 6.61 Å². The van der Waals surface area contributed by atoms with Gasteiger partial charge in [-0.3, -0.25) is 0 Å². The fourth-order valence-corrected chi connectivity index (χ4v) is 4.52. The van der Waals surface area contributed by atoms with Crippen LogP contribution in [0.4, 0.5) is 17.6 Å². The van der Waals surface area contributed by atoms with Crippen LogP contribution in [0, 0.1) is 29.2 Å². The first-order chi connectivity index (χ1) is 16.4. The molecule has 0 aromatic heterocycles. The van der Waals surface area contributed by atoms with Gasteiger partial charge < -0.3 is 9.47 Å². The summed E-state index contributed by atoms with van der Waals surface area (Å²) in [6, 6.07) is 12.5. The first-order valence-electron chi connectivity index (χ1n) is 11.7. The molecule has 0 saturated heterocycles. The topological polar surface area (TPSA) is 18.5 Å². The normalized spacial score (nSPS) is 18.1. The van der Waals surface area contributed by atoms with Crippen LogP contribution in [0.1, 0.15) is 56.6 Å². The largest absolute Gasteiger partial charge is 0.491 e. The zero-order valence-electron chi connectivity index (χ0n) is 19.3. The average Bonchev–Trinajstić information content (AvgIpc) is 2.84. The van der Waals surface area contributed by atoms with Crippen molar-refractivity contribution in [3.8, 4) is 22.6 Å². The van der Waals surface area contributed by atoms with E-state index in [1.54, 1.807) is 43.3 Å². The molecule has 3 aromatic carbocycles. The molecule has 0 heterocycles. The number of ether oxygens (including phenoxy) is 2. The number of rotatable bonds is 7. The highest BCUT2D eigenvalue weighted by molar-refractivity contribution is 5.65. The molecule has 0 atom stereocenters. The van der Waals surface area contributed by atoms with Crippen molar-refractivity contribution in [2.24, 2.45) is 5.92 Å². The van der Waals surface area contributed by atoms with E-state index >= 15 is 0 Å². The summed E-state index contributed by atoms with van der Waals surface area (Å²) in [6.07, 6.45) is 3.81. The first kappa shape index (κ1) is 24.1. The second kappa shape index (κ2) is 10.5. The fraction of sp³-hybridized carbons (Fsp3) is 0.357. The summed E-state index contributed by atoms with van der Waals surface area (Å²) in [5.74, 6) is -2.76. The summed E-state index contributed by atoms with van der Waals surface area (Å²) in [5, 5.41) is 0. The number of benzene rings is 3. The summed E-state index contributed by atoms with van der Waals surface area (Å²) in [5.41, 5.74) is 1.19. The molecular formula is C28H28F4O2. The van der Waals surface area contributed by atoms with E-state index in [0.717, 1.165) is 25.7 Å². The Balaban J connectivity index is 1.46. The van der Waals surface area contributed by atoms with Gasteiger partial charge in [0.15, 0.2) is 23.2 Å². The Morgan fingerprint density at radius 3 is 2.12 bits per heavy atom. The van der Waals surface area contributed by atoms with Crippen LogP contribution >= 0.6 is 0 Å². The van der Waals surface area contributed by atoms with E-state index in [0.29, 0.717) is 22.8 Å². The molecule has 1 aliphatic carbocycles. The zero-order valence-corrected chi connectivity index (χ0v) is 19.3. The molecule has 6 heteroatoms. The highest BCUT2D eigenvalue weighted by atomic mass is 19.2. The lowest BCUT2D eigenvalue weighted by molar-refractivity contribution is 0.289. The number of halogens is 4. The molecule has 0 bridgehead atoms. The molecule has 1 saturated carbocycles. The monoisotopic (exact) mass is 472 g/mol. The Bertz CT molecular complexity index is 1140. The van der Waals surface area contributed by atoms with Gasteiger partial charge in [0.1, 0.15) is 12.4 Å². The van der Waals surface area contributed by atoms with Gasteiger partial charge >= 0.3 is 0 Å². The van der Waals surface area contributed by atoms with Crippen LogP contribution < -0.4 is 9.47 Å². The van der Waals surface area contributed by atoms with Gasteiger partial charge in [-0.2, -0.15) is 4.39 Å². The fourth-order valence-electron chi connectivity index (χ4n) is 4.52. The highest BCUT2D eigenvalue weighted by Gasteiger charge is 2.25. The van der Waals surface area contributed by atoms with Crippen molar-refractivity contribution in [1.82, 2.24) is 0 Å². The summed E-state index contributed by atoms with van der Waals surface area (Å²) in [4.78, 5) is 0. The van der Waals surface area contributed by atoms with Crippen molar-refractivity contribution < 1.29 is 27.0 Å². The van der Waals surface area contributed by atoms with E-state index in [9.17, 15) is 17.6 Å². The van der Waals surface area contributed by atoms with Crippen molar-refractivity contribution in [2.75, 3.05) is 6.61 Å². The molecular weight excluding hydrogens is 444 g/mol. The van der Waals surface area contributed by atoms with E-state index in [1.807, 2.05) is 0 Å². The minimum absolute atomic E-state index is 0.0471. The third-order valence-electron chi connectivity index (χ3n) is 6.55. The molecule has 0 radical (unpaired) electrons. The summed E-state index contributed by atoms with van der Waals surface area (Å²) in [6.45, 7) is 3.91. The Kier molecular flexibility index (Phi) is 7.44. The molecule has 34 heavy (non-hydrogen) atoms. The van der Waals surface area contributed by atoms with Crippen LogP contribution in [0.2, 0.25) is 0 Å². The molecule has 0 spiro atoms. The van der Waals surface area contributed by atoms with Gasteiger partial charge in [-0.25, -0.2) is 13.2 Å². The first-order valence-corrected chi connectivity index (χ1v) is 11.7. The van der Waals surface area contributed by atoms with Crippen molar-refractivity contribution in [3.63, 3.8) is 0 Å². The molecule has 0 N–H and O–H groups in total. The van der Waals surface area contributed by atoms with Crippen LogP contribution in [0.5, 0.6) is 11.5 Å². The standard InChI is InChI=1S/C28H28F4O2/c1-3-33-24-15-10-20(25(29)28(24)32)16-34-21-11-8-19(9-12-21)23-14-13-22(26(30)27(23)31)18-6-4-17(2)5-7-18/h8-15,17-18H,3-7,16H2,1-2H3. The molecule has 3 aromatic rings. The Morgan fingerprint density at radius 1 is 0.735 bits per heavy atom. The van der Waals surface area contributed by atoms with E-state index in [2.05, 4.69) is 6.92 Å². The maximum absolute atomic E-state index is 14.9. The second-order valence-electron chi connectivity index (χ2n) is 8.88. The van der Waals surface area contributed by atoms with Gasteiger partial charge in [0, 0.05) is 11.1 Å². The maximum atomic E-state index is 14.9. The summed E-state index contributed by atoms with van der Waals surface area (Å²) in [7, 11) is 0. The Morgan fingerprint density at radius 2 is 1.44 bits per heavy atom. The lowest BCUT2D eigenvalue weighted by Gasteiger charge is -2.27.